The molecule has 2 aromatic carbocycles. The van der Waals surface area contributed by atoms with Gasteiger partial charge in [0.05, 0.1) is 6.21 Å². The highest BCUT2D eigenvalue weighted by molar-refractivity contribution is 6.34. The van der Waals surface area contributed by atoms with Gasteiger partial charge in [-0.2, -0.15) is 5.10 Å². The minimum atomic E-state index is -0.527. The Morgan fingerprint density at radius 3 is 2.69 bits per heavy atom. The van der Waals surface area contributed by atoms with Crippen molar-refractivity contribution in [1.82, 2.24) is 9.99 Å². The van der Waals surface area contributed by atoms with Crippen LogP contribution >= 0.6 is 11.6 Å². The molecule has 26 heavy (non-hydrogen) atoms. The number of hydrazone groups is 1. The van der Waals surface area contributed by atoms with Crippen molar-refractivity contribution in [3.63, 3.8) is 0 Å². The molecule has 134 valence electrons. The Kier molecular flexibility index (Phi) is 5.53. The van der Waals surface area contributed by atoms with Gasteiger partial charge in [-0.3, -0.25) is 0 Å². The fourth-order valence-corrected chi connectivity index (χ4v) is 3.04. The summed E-state index contributed by atoms with van der Waals surface area (Å²) in [6.45, 7) is 2.88. The van der Waals surface area contributed by atoms with E-state index in [1.165, 1.54) is 30.5 Å². The van der Waals surface area contributed by atoms with Gasteiger partial charge in [0.15, 0.2) is 0 Å². The highest BCUT2D eigenvalue weighted by atomic mass is 35.5. The molecule has 0 aliphatic carbocycles. The second-order valence-corrected chi connectivity index (χ2v) is 6.06. The number of carbonyl (C=O) groups is 1. The molecule has 0 radical (unpaired) electrons. The zero-order chi connectivity index (χ0) is 18.5. The van der Waals surface area contributed by atoms with E-state index in [2.05, 4.69) is 22.8 Å². The van der Waals surface area contributed by atoms with Crippen LogP contribution in [0.5, 0.6) is 0 Å². The number of urea groups is 1. The van der Waals surface area contributed by atoms with Crippen molar-refractivity contribution in [2.45, 2.75) is 19.9 Å². The van der Waals surface area contributed by atoms with Crippen molar-refractivity contribution in [1.29, 1.82) is 0 Å². The number of para-hydroxylation sites is 1. The molecule has 2 amide bonds. The van der Waals surface area contributed by atoms with E-state index >= 15 is 0 Å². The van der Waals surface area contributed by atoms with Crippen molar-refractivity contribution in [2.24, 2.45) is 5.10 Å². The van der Waals surface area contributed by atoms with Crippen molar-refractivity contribution < 1.29 is 9.18 Å². The highest BCUT2D eigenvalue weighted by Crippen LogP contribution is 2.29. The second-order valence-electron chi connectivity index (χ2n) is 5.70. The smallest absolute Gasteiger partial charge is 0.331 e. The predicted octanol–water partition coefficient (Wildman–Crippen LogP) is 5.00. The third-order valence-corrected chi connectivity index (χ3v) is 4.26. The van der Waals surface area contributed by atoms with E-state index in [1.807, 2.05) is 28.8 Å². The van der Waals surface area contributed by atoms with Crippen LogP contribution in [0.15, 0.2) is 53.6 Å². The molecule has 0 bridgehead atoms. The quantitative estimate of drug-likeness (QED) is 0.480. The average Bonchev–Trinajstić information content (AvgIpc) is 2.90. The van der Waals surface area contributed by atoms with Gasteiger partial charge in [-0.15, -0.1) is 0 Å². The van der Waals surface area contributed by atoms with Gasteiger partial charge in [-0.05, 0) is 36.8 Å². The molecule has 0 aliphatic rings. The third kappa shape index (κ3) is 3.86. The fraction of sp³-hybridized carbons (Fsp3) is 0.158. The maximum Gasteiger partial charge on any atom is 0.339 e. The number of hydrogen-bond donors (Lipinski definition) is 2. The topological polar surface area (TPSA) is 58.4 Å². The summed E-state index contributed by atoms with van der Waals surface area (Å²) in [5.74, 6) is -0.368. The van der Waals surface area contributed by atoms with Crippen LogP contribution in [0.2, 0.25) is 5.15 Å². The molecule has 0 saturated heterocycles. The van der Waals surface area contributed by atoms with Gasteiger partial charge >= 0.3 is 6.03 Å². The molecule has 7 heteroatoms. The van der Waals surface area contributed by atoms with Crippen molar-refractivity contribution >= 4 is 40.4 Å². The number of fused-ring (bicyclic) bond motifs is 1. The standard InChI is InChI=1S/C19H18ClFN4O/c1-2-11-25-17-6-4-3-5-15(17)16(18(25)20)12-22-24-19(26)23-14-9-7-13(21)8-10-14/h3-10,12H,2,11H2,1H3,(H2,23,24,26)/b22-12+. The number of aryl methyl sites for hydroxylation is 1. The van der Waals surface area contributed by atoms with E-state index in [0.29, 0.717) is 10.8 Å². The SMILES string of the molecule is CCCn1c(Cl)c(/C=N/NC(=O)Nc2ccc(F)cc2)c2ccccc21. The van der Waals surface area contributed by atoms with Gasteiger partial charge in [0.25, 0.3) is 0 Å². The Morgan fingerprint density at radius 2 is 1.96 bits per heavy atom. The molecule has 1 heterocycles. The largest absolute Gasteiger partial charge is 0.339 e. The van der Waals surface area contributed by atoms with Gasteiger partial charge in [-0.1, -0.05) is 36.7 Å². The predicted molar refractivity (Wildman–Crippen MR) is 103 cm³/mol. The first-order valence-electron chi connectivity index (χ1n) is 8.22. The maximum atomic E-state index is 12.9. The molecule has 0 spiro atoms. The number of halogens is 2. The van der Waals surface area contributed by atoms with Crippen molar-refractivity contribution in [3.8, 4) is 0 Å². The van der Waals surface area contributed by atoms with E-state index in [4.69, 9.17) is 11.6 Å². The summed E-state index contributed by atoms with van der Waals surface area (Å²) >= 11 is 6.50. The van der Waals surface area contributed by atoms with E-state index in [0.717, 1.165) is 29.4 Å². The average molecular weight is 373 g/mol. The molecule has 1 aromatic heterocycles. The summed E-state index contributed by atoms with van der Waals surface area (Å²) in [4.78, 5) is 11.9. The summed E-state index contributed by atoms with van der Waals surface area (Å²) in [5, 5.41) is 8.09. The molecule has 0 atom stereocenters. The summed E-state index contributed by atoms with van der Waals surface area (Å²) in [6.07, 6.45) is 2.48. The minimum absolute atomic E-state index is 0.368. The maximum absolute atomic E-state index is 12.9. The lowest BCUT2D eigenvalue weighted by atomic mass is 10.2. The number of aromatic nitrogens is 1. The second kappa shape index (κ2) is 8.01. The van der Waals surface area contributed by atoms with Crippen LogP contribution in [-0.4, -0.2) is 16.8 Å². The van der Waals surface area contributed by atoms with Crippen LogP contribution < -0.4 is 10.7 Å². The molecule has 3 rings (SSSR count). The number of benzene rings is 2. The number of nitrogens with one attached hydrogen (secondary N) is 2. The Bertz CT molecular complexity index is 950. The van der Waals surface area contributed by atoms with Crippen LogP contribution in [0.3, 0.4) is 0 Å². The molecule has 0 fully saturated rings. The van der Waals surface area contributed by atoms with Gasteiger partial charge in [0, 0.05) is 28.7 Å². The van der Waals surface area contributed by atoms with E-state index < -0.39 is 6.03 Å². The van der Waals surface area contributed by atoms with Crippen LogP contribution in [0.1, 0.15) is 18.9 Å². The van der Waals surface area contributed by atoms with Gasteiger partial charge < -0.3 is 9.88 Å². The molecule has 2 N–H and O–H groups in total. The van der Waals surface area contributed by atoms with Crippen molar-refractivity contribution in [3.05, 3.63) is 65.1 Å². The molecular weight excluding hydrogens is 355 g/mol. The van der Waals surface area contributed by atoms with Crippen molar-refractivity contribution in [2.75, 3.05) is 5.32 Å². The number of hydrogen-bond acceptors (Lipinski definition) is 2. The highest BCUT2D eigenvalue weighted by Gasteiger charge is 2.13. The lowest BCUT2D eigenvalue weighted by Gasteiger charge is -2.04. The molecule has 0 unspecified atom stereocenters. The fourth-order valence-electron chi connectivity index (χ4n) is 2.71. The zero-order valence-corrected chi connectivity index (χ0v) is 14.9. The first-order valence-corrected chi connectivity index (χ1v) is 8.60. The summed E-state index contributed by atoms with van der Waals surface area (Å²) in [7, 11) is 0. The molecule has 0 aliphatic heterocycles. The van der Waals surface area contributed by atoms with Crippen LogP contribution in [0, 0.1) is 5.82 Å². The Balaban J connectivity index is 1.75. The van der Waals surface area contributed by atoms with Crippen LogP contribution in [-0.2, 0) is 6.54 Å². The number of rotatable bonds is 5. The monoisotopic (exact) mass is 372 g/mol. The number of anilines is 1. The van der Waals surface area contributed by atoms with Crippen LogP contribution in [0.4, 0.5) is 14.9 Å². The summed E-state index contributed by atoms with van der Waals surface area (Å²) in [5.41, 5.74) is 4.63. The van der Waals surface area contributed by atoms with E-state index in [-0.39, 0.29) is 5.82 Å². The summed E-state index contributed by atoms with van der Waals surface area (Å²) in [6, 6.07) is 12.8. The van der Waals surface area contributed by atoms with E-state index in [1.54, 1.807) is 0 Å². The molecule has 5 nitrogen and oxygen atoms in total. The zero-order valence-electron chi connectivity index (χ0n) is 14.2. The molecule has 0 saturated carbocycles. The van der Waals surface area contributed by atoms with E-state index in [9.17, 15) is 9.18 Å². The third-order valence-electron chi connectivity index (χ3n) is 3.85. The van der Waals surface area contributed by atoms with Gasteiger partial charge in [-0.25, -0.2) is 14.6 Å². The minimum Gasteiger partial charge on any atom is -0.331 e. The van der Waals surface area contributed by atoms with Crippen LogP contribution in [0.25, 0.3) is 10.9 Å². The van der Waals surface area contributed by atoms with Gasteiger partial charge in [0.2, 0.25) is 0 Å². The number of carbonyl (C=O) groups excluding carboxylic acids is 1. The summed E-state index contributed by atoms with van der Waals surface area (Å²) < 4.78 is 14.9. The number of nitrogens with zero attached hydrogens (tertiary/aromatic N) is 2. The normalized spacial score (nSPS) is 11.2. The van der Waals surface area contributed by atoms with Gasteiger partial charge in [0.1, 0.15) is 11.0 Å². The Hall–Kier alpha value is -2.86. The lowest BCUT2D eigenvalue weighted by molar-refractivity contribution is 0.252. The first kappa shape index (κ1) is 17.9. The molecule has 3 aromatic rings. The number of amides is 2. The lowest BCUT2D eigenvalue weighted by Crippen LogP contribution is -2.24. The Labute approximate surface area is 155 Å². The Morgan fingerprint density at radius 1 is 1.23 bits per heavy atom. The first-order chi connectivity index (χ1) is 12.6. The molecular formula is C19H18ClFN4O.